The third kappa shape index (κ3) is 4.66. The quantitative estimate of drug-likeness (QED) is 0.587. The molecule has 0 atom stereocenters. The molecule has 0 bridgehead atoms. The number of hydrogen-bond donors (Lipinski definition) is 0. The lowest BCUT2D eigenvalue weighted by atomic mass is 10.2. The Kier molecular flexibility index (Phi) is 5.61. The van der Waals surface area contributed by atoms with Gasteiger partial charge < -0.3 is 9.64 Å². The standard InChI is InChI=1S/C16H15F2N5O2S/c1-22(9-11-3-5-12(6-4-11)25-14(17)18)13(24)10-26-16-20-15-19-7-2-8-23(15)21-16/h2-8,14H,9-10H2,1H3. The van der Waals surface area contributed by atoms with Crippen molar-refractivity contribution < 1.29 is 18.3 Å². The average Bonchev–Trinajstić information content (AvgIpc) is 3.03. The first-order chi connectivity index (χ1) is 12.5. The second-order valence-corrected chi connectivity index (χ2v) is 6.26. The summed E-state index contributed by atoms with van der Waals surface area (Å²) >= 11 is 1.22. The number of benzene rings is 1. The number of carbonyl (C=O) groups excluding carboxylic acids is 1. The Balaban J connectivity index is 1.52. The Morgan fingerprint density at radius 1 is 1.35 bits per heavy atom. The number of thioether (sulfide) groups is 1. The predicted molar refractivity (Wildman–Crippen MR) is 91.1 cm³/mol. The Bertz CT molecular complexity index is 855. The maximum Gasteiger partial charge on any atom is 0.387 e. The number of hydrogen-bond acceptors (Lipinski definition) is 6. The van der Waals surface area contributed by atoms with Crippen molar-refractivity contribution in [3.05, 3.63) is 48.3 Å². The Hall–Kier alpha value is -2.75. The van der Waals surface area contributed by atoms with Gasteiger partial charge in [0.1, 0.15) is 5.75 Å². The van der Waals surface area contributed by atoms with E-state index in [0.717, 1.165) is 5.56 Å². The van der Waals surface area contributed by atoms with Crippen LogP contribution >= 0.6 is 11.8 Å². The molecule has 0 aliphatic heterocycles. The van der Waals surface area contributed by atoms with Crippen LogP contribution in [0.5, 0.6) is 5.75 Å². The minimum absolute atomic E-state index is 0.0832. The minimum atomic E-state index is -2.86. The molecule has 3 aromatic rings. The van der Waals surface area contributed by atoms with Crippen LogP contribution < -0.4 is 4.74 Å². The number of alkyl halides is 2. The smallest absolute Gasteiger partial charge is 0.387 e. The molecule has 0 saturated heterocycles. The van der Waals surface area contributed by atoms with Gasteiger partial charge in [0.15, 0.2) is 0 Å². The molecule has 3 rings (SSSR count). The Labute approximate surface area is 152 Å². The van der Waals surface area contributed by atoms with Gasteiger partial charge in [0.05, 0.1) is 5.75 Å². The van der Waals surface area contributed by atoms with E-state index in [1.54, 1.807) is 47.1 Å². The fourth-order valence-corrected chi connectivity index (χ4v) is 2.91. The summed E-state index contributed by atoms with van der Waals surface area (Å²) in [4.78, 5) is 22.1. The molecule has 0 aliphatic carbocycles. The van der Waals surface area contributed by atoms with E-state index in [-0.39, 0.29) is 17.4 Å². The van der Waals surface area contributed by atoms with Crippen molar-refractivity contribution in [2.45, 2.75) is 18.3 Å². The van der Waals surface area contributed by atoms with E-state index in [1.807, 2.05) is 0 Å². The van der Waals surface area contributed by atoms with Crippen LogP contribution in [-0.2, 0) is 11.3 Å². The van der Waals surface area contributed by atoms with Crippen LogP contribution in [-0.4, -0.2) is 49.8 Å². The first-order valence-corrected chi connectivity index (χ1v) is 8.58. The summed E-state index contributed by atoms with van der Waals surface area (Å²) in [5.74, 6) is 0.636. The van der Waals surface area contributed by atoms with Crippen LogP contribution in [0.4, 0.5) is 8.78 Å². The first kappa shape index (κ1) is 18.1. The molecule has 0 aliphatic rings. The zero-order valence-electron chi connectivity index (χ0n) is 13.7. The third-order valence-corrected chi connectivity index (χ3v) is 4.24. The van der Waals surface area contributed by atoms with Crippen molar-refractivity contribution in [3.63, 3.8) is 0 Å². The monoisotopic (exact) mass is 379 g/mol. The van der Waals surface area contributed by atoms with E-state index in [2.05, 4.69) is 19.8 Å². The van der Waals surface area contributed by atoms with Crippen LogP contribution in [0.3, 0.4) is 0 Å². The lowest BCUT2D eigenvalue weighted by molar-refractivity contribution is -0.127. The van der Waals surface area contributed by atoms with Gasteiger partial charge in [-0.3, -0.25) is 4.79 Å². The number of fused-ring (bicyclic) bond motifs is 1. The van der Waals surface area contributed by atoms with E-state index in [4.69, 9.17) is 0 Å². The van der Waals surface area contributed by atoms with Crippen LogP contribution in [0.15, 0.2) is 47.9 Å². The highest BCUT2D eigenvalue weighted by atomic mass is 32.2. The molecule has 0 radical (unpaired) electrons. The highest BCUT2D eigenvalue weighted by Gasteiger charge is 2.13. The summed E-state index contributed by atoms with van der Waals surface area (Å²) in [6.07, 6.45) is 3.35. The van der Waals surface area contributed by atoms with E-state index >= 15 is 0 Å². The Morgan fingerprint density at radius 3 is 2.81 bits per heavy atom. The molecular formula is C16H15F2N5O2S. The topological polar surface area (TPSA) is 72.6 Å². The van der Waals surface area contributed by atoms with Gasteiger partial charge in [-0.15, -0.1) is 5.10 Å². The predicted octanol–water partition coefficient (Wildman–Crippen LogP) is 2.48. The molecule has 10 heteroatoms. The Morgan fingerprint density at radius 2 is 2.12 bits per heavy atom. The van der Waals surface area contributed by atoms with Gasteiger partial charge in [0, 0.05) is 26.0 Å². The largest absolute Gasteiger partial charge is 0.435 e. The summed E-state index contributed by atoms with van der Waals surface area (Å²) in [6, 6.07) is 7.92. The number of ether oxygens (including phenoxy) is 1. The van der Waals surface area contributed by atoms with Gasteiger partial charge in [0.2, 0.25) is 11.1 Å². The van der Waals surface area contributed by atoms with E-state index in [0.29, 0.717) is 17.5 Å². The van der Waals surface area contributed by atoms with Crippen molar-refractivity contribution in [2.75, 3.05) is 12.8 Å². The van der Waals surface area contributed by atoms with Crippen LogP contribution in [0.25, 0.3) is 5.78 Å². The van der Waals surface area contributed by atoms with Gasteiger partial charge >= 0.3 is 6.61 Å². The van der Waals surface area contributed by atoms with Gasteiger partial charge in [-0.25, -0.2) is 9.50 Å². The van der Waals surface area contributed by atoms with Crippen LogP contribution in [0.2, 0.25) is 0 Å². The first-order valence-electron chi connectivity index (χ1n) is 7.59. The SMILES string of the molecule is CN(Cc1ccc(OC(F)F)cc1)C(=O)CSc1nc2ncccn2n1. The summed E-state index contributed by atoms with van der Waals surface area (Å²) in [6.45, 7) is -2.50. The summed E-state index contributed by atoms with van der Waals surface area (Å²) in [5.41, 5.74) is 0.808. The maximum atomic E-state index is 12.3. The normalized spacial score (nSPS) is 11.1. The molecule has 7 nitrogen and oxygen atoms in total. The number of carbonyl (C=O) groups is 1. The average molecular weight is 379 g/mol. The second-order valence-electron chi connectivity index (χ2n) is 5.32. The van der Waals surface area contributed by atoms with Gasteiger partial charge in [-0.1, -0.05) is 23.9 Å². The van der Waals surface area contributed by atoms with Gasteiger partial charge in [-0.05, 0) is 23.8 Å². The molecule has 0 saturated carbocycles. The molecule has 0 N–H and O–H groups in total. The van der Waals surface area contributed by atoms with E-state index in [9.17, 15) is 13.6 Å². The lowest BCUT2D eigenvalue weighted by Crippen LogP contribution is -2.27. The number of nitrogens with zero attached hydrogens (tertiary/aromatic N) is 5. The maximum absolute atomic E-state index is 12.3. The fourth-order valence-electron chi connectivity index (χ4n) is 2.15. The number of amides is 1. The van der Waals surface area contributed by atoms with Crippen molar-refractivity contribution >= 4 is 23.4 Å². The zero-order chi connectivity index (χ0) is 18.5. The molecule has 0 spiro atoms. The van der Waals surface area contributed by atoms with Crippen molar-refractivity contribution in [1.82, 2.24) is 24.5 Å². The molecule has 0 unspecified atom stereocenters. The summed E-state index contributed by atoms with van der Waals surface area (Å²) < 4.78 is 30.1. The minimum Gasteiger partial charge on any atom is -0.435 e. The van der Waals surface area contributed by atoms with Gasteiger partial charge in [-0.2, -0.15) is 13.8 Å². The molecule has 1 amide bonds. The van der Waals surface area contributed by atoms with Crippen molar-refractivity contribution in [1.29, 1.82) is 0 Å². The van der Waals surface area contributed by atoms with E-state index < -0.39 is 6.61 Å². The number of aromatic nitrogens is 4. The summed E-state index contributed by atoms with van der Waals surface area (Å²) in [5, 5.41) is 4.69. The molecule has 2 aromatic heterocycles. The highest BCUT2D eigenvalue weighted by molar-refractivity contribution is 7.99. The lowest BCUT2D eigenvalue weighted by Gasteiger charge is -2.17. The molecule has 26 heavy (non-hydrogen) atoms. The fraction of sp³-hybridized carbons (Fsp3) is 0.250. The van der Waals surface area contributed by atoms with Crippen molar-refractivity contribution in [3.8, 4) is 5.75 Å². The molecular weight excluding hydrogens is 364 g/mol. The van der Waals surface area contributed by atoms with Gasteiger partial charge in [0.25, 0.3) is 5.78 Å². The molecule has 2 heterocycles. The molecule has 0 fully saturated rings. The third-order valence-electron chi connectivity index (χ3n) is 3.42. The number of rotatable bonds is 7. The van der Waals surface area contributed by atoms with Crippen LogP contribution in [0, 0.1) is 0 Å². The highest BCUT2D eigenvalue weighted by Crippen LogP contribution is 2.17. The molecule has 1 aromatic carbocycles. The number of halogens is 2. The summed E-state index contributed by atoms with van der Waals surface area (Å²) in [7, 11) is 1.67. The van der Waals surface area contributed by atoms with Crippen LogP contribution in [0.1, 0.15) is 5.56 Å². The zero-order valence-corrected chi connectivity index (χ0v) is 14.6. The second kappa shape index (κ2) is 8.09. The molecule has 136 valence electrons. The van der Waals surface area contributed by atoms with Crippen molar-refractivity contribution in [2.24, 2.45) is 0 Å². The van der Waals surface area contributed by atoms with E-state index in [1.165, 1.54) is 23.9 Å².